The molecule has 0 saturated heterocycles. The van der Waals surface area contributed by atoms with Crippen LogP contribution in [0.5, 0.6) is 0 Å². The molecule has 0 fully saturated rings. The van der Waals surface area contributed by atoms with Gasteiger partial charge in [0.05, 0.1) is 0 Å². The molecule has 0 aromatic rings. The monoisotopic (exact) mass is 148 g/mol. The molecule has 4 heteroatoms. The van der Waals surface area contributed by atoms with Gasteiger partial charge in [0.2, 0.25) is 0 Å². The first kappa shape index (κ1) is 9.84. The predicted octanol–water partition coefficient (Wildman–Crippen LogP) is -0.424. The summed E-state index contributed by atoms with van der Waals surface area (Å²) in [4.78, 5) is 4.99. The van der Waals surface area contributed by atoms with Crippen LogP contribution in [0.25, 0.3) is 0 Å². The van der Waals surface area contributed by atoms with Crippen LogP contribution < -0.4 is 5.34 Å². The Labute approximate surface area is 61.9 Å². The molecule has 0 bridgehead atoms. The summed E-state index contributed by atoms with van der Waals surface area (Å²) < 4.78 is 0. The zero-order valence-electron chi connectivity index (χ0n) is 7.26. The van der Waals surface area contributed by atoms with Crippen molar-refractivity contribution in [1.29, 1.82) is 0 Å². The van der Waals surface area contributed by atoms with Gasteiger partial charge in [0.25, 0.3) is 0 Å². The van der Waals surface area contributed by atoms with Crippen LogP contribution in [0.2, 0.25) is 0 Å². The van der Waals surface area contributed by atoms with Gasteiger partial charge in [-0.25, -0.2) is 0 Å². The lowest BCUT2D eigenvalue weighted by Gasteiger charge is -2.30. The molecule has 0 aromatic carbocycles. The second-order valence-corrected chi connectivity index (χ2v) is 3.37. The van der Waals surface area contributed by atoms with Gasteiger partial charge < -0.3 is 5.21 Å². The molecule has 0 rings (SSSR count). The molecule has 0 spiro atoms. The van der Waals surface area contributed by atoms with Crippen LogP contribution in [0.3, 0.4) is 0 Å². The Morgan fingerprint density at radius 2 is 1.70 bits per heavy atom. The van der Waals surface area contributed by atoms with E-state index < -0.39 is 0 Å². The van der Waals surface area contributed by atoms with Gasteiger partial charge in [0.15, 0.2) is 0 Å². The molecule has 10 heavy (non-hydrogen) atoms. The molecule has 0 aliphatic heterocycles. The summed E-state index contributed by atoms with van der Waals surface area (Å²) in [5, 5.41) is 12.0. The van der Waals surface area contributed by atoms with E-state index in [0.29, 0.717) is 0 Å². The summed E-state index contributed by atoms with van der Waals surface area (Å²) in [7, 11) is 3.32. The Kier molecular flexibility index (Phi) is 3.24. The van der Waals surface area contributed by atoms with Gasteiger partial charge >= 0.3 is 0 Å². The third-order valence-electron chi connectivity index (χ3n) is 0.759. The van der Waals surface area contributed by atoms with E-state index in [-0.39, 0.29) is 10.9 Å². The van der Waals surface area contributed by atoms with Crippen molar-refractivity contribution in [2.24, 2.45) is 0 Å². The smallest absolute Gasteiger partial charge is 0.122 e. The highest BCUT2D eigenvalue weighted by Gasteiger charge is 2.16. The van der Waals surface area contributed by atoms with E-state index in [1.54, 1.807) is 14.1 Å². The minimum absolute atomic E-state index is 0.299. The Hall–Kier alpha value is -0.160. The third kappa shape index (κ3) is 4.69. The van der Waals surface area contributed by atoms with Crippen molar-refractivity contribution in [3.63, 3.8) is 0 Å². The van der Waals surface area contributed by atoms with Gasteiger partial charge in [-0.05, 0) is 20.8 Å². The van der Waals surface area contributed by atoms with Crippen LogP contribution in [0, 0.1) is 5.21 Å². The van der Waals surface area contributed by atoms with Crippen LogP contribution in [0.4, 0.5) is 0 Å². The SMILES string of the molecule is CN(C)[NH+]([O-])OC(C)(C)C. The maximum atomic E-state index is 10.9. The van der Waals surface area contributed by atoms with Gasteiger partial charge in [-0.3, -0.25) is 0 Å². The maximum Gasteiger partial charge on any atom is 0.122 e. The lowest BCUT2D eigenvalue weighted by atomic mass is 10.2. The van der Waals surface area contributed by atoms with Crippen molar-refractivity contribution in [2.75, 3.05) is 14.1 Å². The molecular weight excluding hydrogens is 132 g/mol. The van der Waals surface area contributed by atoms with Crippen molar-refractivity contribution < 1.29 is 10.2 Å². The van der Waals surface area contributed by atoms with Gasteiger partial charge in [-0.15, -0.1) is 10.3 Å². The molecule has 1 N–H and O–H groups in total. The largest absolute Gasteiger partial charge is 0.579 e. The maximum absolute atomic E-state index is 10.9. The fraction of sp³-hybridized carbons (Fsp3) is 1.00. The highest BCUT2D eigenvalue weighted by Crippen LogP contribution is 2.00. The standard InChI is InChI=1S/C6H16N2O2/c1-6(2,3)10-8(9)7(4)5/h8H,1-5H3. The van der Waals surface area contributed by atoms with Gasteiger partial charge in [0, 0.05) is 14.1 Å². The molecule has 4 nitrogen and oxygen atoms in total. The fourth-order valence-electron chi connectivity index (χ4n) is 0.353. The molecule has 1 unspecified atom stereocenters. The van der Waals surface area contributed by atoms with E-state index in [9.17, 15) is 5.21 Å². The zero-order valence-corrected chi connectivity index (χ0v) is 7.26. The third-order valence-corrected chi connectivity index (χ3v) is 0.759. The van der Waals surface area contributed by atoms with Crippen molar-refractivity contribution in [3.05, 3.63) is 5.21 Å². The number of hydrogen-bond donors (Lipinski definition) is 1. The second kappa shape index (κ2) is 3.30. The summed E-state index contributed by atoms with van der Waals surface area (Å²) in [6, 6.07) is 0. The quantitative estimate of drug-likeness (QED) is 0.540. The number of hydrogen-bond acceptors (Lipinski definition) is 3. The summed E-state index contributed by atoms with van der Waals surface area (Å²) >= 11 is 0. The molecule has 0 aliphatic carbocycles. The minimum atomic E-state index is -0.388. The molecule has 1 atom stereocenters. The average Bonchev–Trinajstić information content (AvgIpc) is 1.60. The van der Waals surface area contributed by atoms with Crippen LogP contribution in [0.15, 0.2) is 0 Å². The van der Waals surface area contributed by atoms with Crippen molar-refractivity contribution >= 4 is 0 Å². The summed E-state index contributed by atoms with van der Waals surface area (Å²) in [6.07, 6.45) is 0. The van der Waals surface area contributed by atoms with E-state index in [1.807, 2.05) is 20.8 Å². The molecular formula is C6H16N2O2. The molecule has 0 aliphatic rings. The molecule has 0 amide bonds. The molecule has 0 radical (unpaired) electrons. The van der Waals surface area contributed by atoms with E-state index in [0.717, 1.165) is 0 Å². The van der Waals surface area contributed by atoms with Crippen LogP contribution >= 0.6 is 0 Å². The van der Waals surface area contributed by atoms with Crippen LogP contribution in [-0.2, 0) is 4.84 Å². The summed E-state index contributed by atoms with van der Waals surface area (Å²) in [5.41, 5.74) is -0.388. The molecule has 0 saturated carbocycles. The fourth-order valence-corrected chi connectivity index (χ4v) is 0.353. The summed E-state index contributed by atoms with van der Waals surface area (Å²) in [5.74, 6) is 0. The Morgan fingerprint density at radius 3 is 1.80 bits per heavy atom. The second-order valence-electron chi connectivity index (χ2n) is 3.37. The number of quaternary nitrogens is 1. The topological polar surface area (TPSA) is 40.0 Å². The summed E-state index contributed by atoms with van der Waals surface area (Å²) in [6.45, 7) is 5.52. The average molecular weight is 148 g/mol. The van der Waals surface area contributed by atoms with E-state index in [4.69, 9.17) is 4.84 Å². The lowest BCUT2D eigenvalue weighted by molar-refractivity contribution is -1.15. The van der Waals surface area contributed by atoms with Crippen molar-refractivity contribution in [2.45, 2.75) is 26.4 Å². The normalized spacial score (nSPS) is 15.9. The van der Waals surface area contributed by atoms with E-state index in [1.165, 1.54) is 5.01 Å². The number of nitrogens with one attached hydrogen (secondary N) is 1. The van der Waals surface area contributed by atoms with Crippen molar-refractivity contribution in [1.82, 2.24) is 5.01 Å². The van der Waals surface area contributed by atoms with E-state index >= 15 is 0 Å². The first-order chi connectivity index (χ1) is 4.33. The zero-order chi connectivity index (χ0) is 8.36. The highest BCUT2D eigenvalue weighted by atomic mass is 16.9. The Morgan fingerprint density at radius 1 is 1.30 bits per heavy atom. The molecule has 0 heterocycles. The predicted molar refractivity (Wildman–Crippen MR) is 38.9 cm³/mol. The van der Waals surface area contributed by atoms with Gasteiger partial charge in [0.1, 0.15) is 5.60 Å². The van der Waals surface area contributed by atoms with Crippen LogP contribution in [-0.4, -0.2) is 24.7 Å². The van der Waals surface area contributed by atoms with Gasteiger partial charge in [-0.2, -0.15) is 4.84 Å². The molecule has 0 aromatic heterocycles. The highest BCUT2D eigenvalue weighted by molar-refractivity contribution is 4.53. The Bertz CT molecular complexity index is 98.4. The number of nitrogens with zero attached hydrogens (tertiary/aromatic N) is 1. The van der Waals surface area contributed by atoms with Gasteiger partial charge in [-0.1, -0.05) is 0 Å². The minimum Gasteiger partial charge on any atom is -0.579 e. The first-order valence-electron chi connectivity index (χ1n) is 3.23. The van der Waals surface area contributed by atoms with E-state index in [2.05, 4.69) is 0 Å². The molecule has 62 valence electrons. The van der Waals surface area contributed by atoms with Crippen LogP contribution in [0.1, 0.15) is 20.8 Å². The lowest BCUT2D eigenvalue weighted by Crippen LogP contribution is -3.13. The Balaban J connectivity index is 3.68. The van der Waals surface area contributed by atoms with Crippen molar-refractivity contribution in [3.8, 4) is 0 Å². The first-order valence-corrected chi connectivity index (χ1v) is 3.23. The number of rotatable bonds is 2.